The highest BCUT2D eigenvalue weighted by Crippen LogP contribution is 2.34. The number of nitrogens with zero attached hydrogens (tertiary/aromatic N) is 2. The lowest BCUT2D eigenvalue weighted by Gasteiger charge is -2.10. The van der Waals surface area contributed by atoms with Crippen LogP contribution in [-0.4, -0.2) is 29.5 Å². The van der Waals surface area contributed by atoms with E-state index in [-0.39, 0.29) is 21.7 Å². The molecular formula is C11H11Cl2N5O3S. The second-order valence-electron chi connectivity index (χ2n) is 4.31. The van der Waals surface area contributed by atoms with Crippen LogP contribution in [0.1, 0.15) is 12.5 Å². The topological polar surface area (TPSA) is 117 Å². The molecule has 0 atom stereocenters. The average Bonchev–Trinajstić information content (AvgIpc) is 2.88. The SMILES string of the molecule is CC(=O)Nc1nc(S(=O)(=O)Nc2c(Cl)ccc(C)c2Cl)n[nH]1. The minimum atomic E-state index is -4.11. The van der Waals surface area contributed by atoms with Crippen LogP contribution in [0.5, 0.6) is 0 Å². The highest BCUT2D eigenvalue weighted by atomic mass is 35.5. The molecule has 0 unspecified atom stereocenters. The van der Waals surface area contributed by atoms with Crippen molar-refractivity contribution in [2.75, 3.05) is 10.0 Å². The van der Waals surface area contributed by atoms with Gasteiger partial charge in [0.25, 0.3) is 15.2 Å². The van der Waals surface area contributed by atoms with Gasteiger partial charge in [-0.3, -0.25) is 14.8 Å². The molecule has 2 rings (SSSR count). The molecule has 1 heterocycles. The fraction of sp³-hybridized carbons (Fsp3) is 0.182. The molecule has 1 aromatic carbocycles. The van der Waals surface area contributed by atoms with E-state index in [1.807, 2.05) is 0 Å². The molecule has 3 N–H and O–H groups in total. The summed E-state index contributed by atoms with van der Waals surface area (Å²) in [5.41, 5.74) is 0.687. The van der Waals surface area contributed by atoms with Crippen molar-refractivity contribution in [2.45, 2.75) is 19.0 Å². The van der Waals surface area contributed by atoms with Crippen LogP contribution < -0.4 is 10.0 Å². The number of aryl methyl sites for hydroxylation is 1. The van der Waals surface area contributed by atoms with Crippen LogP contribution >= 0.6 is 23.2 Å². The highest BCUT2D eigenvalue weighted by Gasteiger charge is 2.23. The molecule has 0 radical (unpaired) electrons. The van der Waals surface area contributed by atoms with E-state index in [4.69, 9.17) is 23.2 Å². The van der Waals surface area contributed by atoms with Crippen molar-refractivity contribution >= 4 is 50.8 Å². The van der Waals surface area contributed by atoms with Gasteiger partial charge in [0.1, 0.15) is 0 Å². The van der Waals surface area contributed by atoms with Gasteiger partial charge in [-0.2, -0.15) is 13.4 Å². The smallest absolute Gasteiger partial charge is 0.295 e. The molecule has 1 amide bonds. The minimum Gasteiger partial charge on any atom is -0.295 e. The number of hydrogen-bond acceptors (Lipinski definition) is 5. The van der Waals surface area contributed by atoms with Gasteiger partial charge >= 0.3 is 0 Å². The maximum absolute atomic E-state index is 12.2. The standard InChI is InChI=1S/C11H11Cl2N5O3S/c1-5-3-4-7(12)9(8(5)13)18-22(20,21)11-15-10(16-17-11)14-6(2)19/h3-4,18H,1-2H3,(H2,14,15,16,17,19). The van der Waals surface area contributed by atoms with Crippen molar-refractivity contribution in [1.29, 1.82) is 0 Å². The second-order valence-corrected chi connectivity index (χ2v) is 6.67. The van der Waals surface area contributed by atoms with E-state index in [9.17, 15) is 13.2 Å². The fourth-order valence-corrected chi connectivity index (χ4v) is 3.05. The monoisotopic (exact) mass is 363 g/mol. The van der Waals surface area contributed by atoms with Crippen molar-refractivity contribution in [3.8, 4) is 0 Å². The van der Waals surface area contributed by atoms with Crippen LogP contribution in [-0.2, 0) is 14.8 Å². The number of anilines is 2. The Morgan fingerprint density at radius 2 is 2.00 bits per heavy atom. The summed E-state index contributed by atoms with van der Waals surface area (Å²) in [6.45, 7) is 2.96. The Hall–Kier alpha value is -1.84. The van der Waals surface area contributed by atoms with Gasteiger partial charge < -0.3 is 0 Å². The van der Waals surface area contributed by atoms with E-state index < -0.39 is 21.1 Å². The Kier molecular flexibility index (Phi) is 4.59. The predicted molar refractivity (Wildman–Crippen MR) is 82.7 cm³/mol. The number of carbonyl (C=O) groups is 1. The quantitative estimate of drug-likeness (QED) is 0.769. The molecule has 0 bridgehead atoms. The molecule has 22 heavy (non-hydrogen) atoms. The lowest BCUT2D eigenvalue weighted by atomic mass is 10.2. The van der Waals surface area contributed by atoms with Crippen LogP contribution in [0, 0.1) is 6.92 Å². The highest BCUT2D eigenvalue weighted by molar-refractivity contribution is 7.92. The Balaban J connectivity index is 2.34. The van der Waals surface area contributed by atoms with Gasteiger partial charge in [-0.05, 0) is 18.6 Å². The van der Waals surface area contributed by atoms with Crippen molar-refractivity contribution in [2.24, 2.45) is 0 Å². The molecule has 0 aliphatic rings. The summed E-state index contributed by atoms with van der Waals surface area (Å²) in [5, 5.41) is 7.86. The predicted octanol–water partition coefficient (Wildman–Crippen LogP) is 2.18. The van der Waals surface area contributed by atoms with E-state index in [0.29, 0.717) is 5.56 Å². The lowest BCUT2D eigenvalue weighted by Crippen LogP contribution is -2.15. The maximum Gasteiger partial charge on any atom is 0.299 e. The number of nitrogens with one attached hydrogen (secondary N) is 3. The van der Waals surface area contributed by atoms with Gasteiger partial charge in [-0.25, -0.2) is 5.10 Å². The van der Waals surface area contributed by atoms with Gasteiger partial charge in [0.05, 0.1) is 15.7 Å². The second kappa shape index (κ2) is 6.11. The summed E-state index contributed by atoms with van der Waals surface area (Å²) in [7, 11) is -4.11. The molecule has 0 saturated carbocycles. The molecule has 0 aliphatic heterocycles. The van der Waals surface area contributed by atoms with Crippen LogP contribution in [0.25, 0.3) is 0 Å². The fourth-order valence-electron chi connectivity index (χ4n) is 1.52. The van der Waals surface area contributed by atoms with Crippen LogP contribution in [0.2, 0.25) is 10.0 Å². The number of rotatable bonds is 4. The first-order valence-electron chi connectivity index (χ1n) is 5.88. The van der Waals surface area contributed by atoms with Crippen LogP contribution in [0.3, 0.4) is 0 Å². The molecule has 0 saturated heterocycles. The number of sulfonamides is 1. The number of carbonyl (C=O) groups excluding carboxylic acids is 1. The molecule has 0 aliphatic carbocycles. The van der Waals surface area contributed by atoms with Crippen molar-refractivity contribution in [3.63, 3.8) is 0 Å². The molecule has 1 aromatic heterocycles. The van der Waals surface area contributed by atoms with E-state index in [0.717, 1.165) is 0 Å². The first kappa shape index (κ1) is 16.5. The van der Waals surface area contributed by atoms with Crippen LogP contribution in [0.4, 0.5) is 11.6 Å². The largest absolute Gasteiger partial charge is 0.299 e. The molecule has 11 heteroatoms. The Bertz CT molecular complexity index is 834. The van der Waals surface area contributed by atoms with Gasteiger partial charge in [0, 0.05) is 6.92 Å². The first-order valence-corrected chi connectivity index (χ1v) is 8.12. The Morgan fingerprint density at radius 1 is 1.32 bits per heavy atom. The zero-order valence-corrected chi connectivity index (χ0v) is 13.8. The van der Waals surface area contributed by atoms with Crippen molar-refractivity contribution in [3.05, 3.63) is 27.7 Å². The zero-order chi connectivity index (χ0) is 16.5. The molecule has 118 valence electrons. The maximum atomic E-state index is 12.2. The normalized spacial score (nSPS) is 11.3. The Morgan fingerprint density at radius 3 is 2.64 bits per heavy atom. The molecule has 2 aromatic rings. The summed E-state index contributed by atoms with van der Waals surface area (Å²) >= 11 is 12.0. The Labute approximate surface area is 136 Å². The summed E-state index contributed by atoms with van der Waals surface area (Å²) in [4.78, 5) is 14.6. The molecular weight excluding hydrogens is 353 g/mol. The number of hydrogen-bond donors (Lipinski definition) is 3. The number of benzene rings is 1. The van der Waals surface area contributed by atoms with Crippen molar-refractivity contribution < 1.29 is 13.2 Å². The summed E-state index contributed by atoms with van der Waals surface area (Å²) < 4.78 is 26.7. The average molecular weight is 364 g/mol. The number of amides is 1. The molecule has 0 spiro atoms. The summed E-state index contributed by atoms with van der Waals surface area (Å²) in [6, 6.07) is 3.17. The molecule has 0 fully saturated rings. The van der Waals surface area contributed by atoms with Gasteiger partial charge in [0.2, 0.25) is 11.9 Å². The third-order valence-corrected chi connectivity index (χ3v) is 4.46. The zero-order valence-electron chi connectivity index (χ0n) is 11.4. The van der Waals surface area contributed by atoms with E-state index in [1.165, 1.54) is 13.0 Å². The summed E-state index contributed by atoms with van der Waals surface area (Å²) in [6.07, 6.45) is 0. The van der Waals surface area contributed by atoms with Gasteiger partial charge in [-0.15, -0.1) is 5.10 Å². The number of aromatic amines is 1. The van der Waals surface area contributed by atoms with Crippen molar-refractivity contribution in [1.82, 2.24) is 15.2 Å². The van der Waals surface area contributed by atoms with Gasteiger partial charge in [0.15, 0.2) is 0 Å². The van der Waals surface area contributed by atoms with Crippen LogP contribution in [0.15, 0.2) is 17.3 Å². The lowest BCUT2D eigenvalue weighted by molar-refractivity contribution is -0.114. The van der Waals surface area contributed by atoms with E-state index in [2.05, 4.69) is 25.2 Å². The summed E-state index contributed by atoms with van der Waals surface area (Å²) in [5.74, 6) is -0.507. The van der Waals surface area contributed by atoms with E-state index in [1.54, 1.807) is 13.0 Å². The van der Waals surface area contributed by atoms with Gasteiger partial charge in [-0.1, -0.05) is 29.3 Å². The third-order valence-electron chi connectivity index (χ3n) is 2.52. The molecule has 8 nitrogen and oxygen atoms in total. The number of aromatic nitrogens is 3. The van der Waals surface area contributed by atoms with E-state index >= 15 is 0 Å². The minimum absolute atomic E-state index is 0.0363. The number of H-pyrrole nitrogens is 1. The first-order chi connectivity index (χ1) is 10.2. The number of halogens is 2. The third kappa shape index (κ3) is 3.49.